The second-order valence-electron chi connectivity index (χ2n) is 7.01. The number of ether oxygens (including phenoxy) is 2. The molecule has 1 aliphatic heterocycles. The summed E-state index contributed by atoms with van der Waals surface area (Å²) in [6, 6.07) is 6.50. The molecule has 2 fully saturated rings. The van der Waals surface area contributed by atoms with Gasteiger partial charge in [-0.05, 0) is 44.7 Å². The summed E-state index contributed by atoms with van der Waals surface area (Å²) in [6.07, 6.45) is 1.90. The molecule has 1 amide bonds. The molecule has 3 atom stereocenters. The van der Waals surface area contributed by atoms with E-state index in [9.17, 15) is 9.18 Å². The third-order valence-electron chi connectivity index (χ3n) is 5.22. The Kier molecular flexibility index (Phi) is 4.32. The summed E-state index contributed by atoms with van der Waals surface area (Å²) in [4.78, 5) is 14.4. The molecule has 1 aromatic carbocycles. The van der Waals surface area contributed by atoms with Crippen molar-refractivity contribution in [2.75, 3.05) is 20.2 Å². The van der Waals surface area contributed by atoms with Crippen molar-refractivity contribution in [1.82, 2.24) is 4.90 Å². The van der Waals surface area contributed by atoms with Crippen LogP contribution in [0, 0.1) is 17.7 Å². The highest BCUT2D eigenvalue weighted by Crippen LogP contribution is 2.41. The number of carbonyl (C=O) groups is 1. The SMILES string of the molecule is COC(C)(C)C(=O)N1C[C@@H]2CC[C@H](Oc3ccccc3F)[C@@H]2C1. The number of benzene rings is 1. The Hall–Kier alpha value is -1.62. The van der Waals surface area contributed by atoms with Crippen molar-refractivity contribution in [2.45, 2.75) is 38.4 Å². The fourth-order valence-corrected chi connectivity index (χ4v) is 3.70. The number of amides is 1. The maximum Gasteiger partial charge on any atom is 0.254 e. The highest BCUT2D eigenvalue weighted by Gasteiger charge is 2.47. The highest BCUT2D eigenvalue weighted by molar-refractivity contribution is 5.84. The van der Waals surface area contributed by atoms with Crippen LogP contribution in [0.25, 0.3) is 0 Å². The summed E-state index contributed by atoms with van der Waals surface area (Å²) >= 11 is 0. The number of hydrogen-bond donors (Lipinski definition) is 0. The summed E-state index contributed by atoms with van der Waals surface area (Å²) in [5, 5.41) is 0. The Morgan fingerprint density at radius 2 is 2.00 bits per heavy atom. The van der Waals surface area contributed by atoms with Crippen LogP contribution in [0.3, 0.4) is 0 Å². The molecule has 4 nitrogen and oxygen atoms in total. The molecule has 0 unspecified atom stereocenters. The van der Waals surface area contributed by atoms with Gasteiger partial charge in [-0.15, -0.1) is 0 Å². The van der Waals surface area contributed by atoms with Gasteiger partial charge in [0.15, 0.2) is 11.6 Å². The Labute approximate surface area is 136 Å². The van der Waals surface area contributed by atoms with E-state index in [0.29, 0.717) is 18.2 Å². The highest BCUT2D eigenvalue weighted by atomic mass is 19.1. The average Bonchev–Trinajstić information content (AvgIpc) is 3.10. The minimum absolute atomic E-state index is 0.0130. The van der Waals surface area contributed by atoms with Crippen LogP contribution in [-0.4, -0.2) is 42.7 Å². The van der Waals surface area contributed by atoms with Crippen LogP contribution in [0.5, 0.6) is 5.75 Å². The first-order valence-electron chi connectivity index (χ1n) is 8.18. The van der Waals surface area contributed by atoms with Crippen LogP contribution in [0.4, 0.5) is 4.39 Å². The van der Waals surface area contributed by atoms with Crippen LogP contribution in [0.2, 0.25) is 0 Å². The van der Waals surface area contributed by atoms with Gasteiger partial charge in [-0.25, -0.2) is 4.39 Å². The first-order chi connectivity index (χ1) is 10.9. The molecule has 0 aromatic heterocycles. The lowest BCUT2D eigenvalue weighted by Crippen LogP contribution is -2.46. The number of fused-ring (bicyclic) bond motifs is 1. The molecule has 1 aliphatic carbocycles. The number of hydrogen-bond acceptors (Lipinski definition) is 3. The van der Waals surface area contributed by atoms with Gasteiger partial charge in [-0.1, -0.05) is 12.1 Å². The summed E-state index contributed by atoms with van der Waals surface area (Å²) in [5.41, 5.74) is -0.805. The van der Waals surface area contributed by atoms with Gasteiger partial charge in [0.05, 0.1) is 0 Å². The van der Waals surface area contributed by atoms with Crippen LogP contribution in [0.1, 0.15) is 26.7 Å². The largest absolute Gasteiger partial charge is 0.487 e. The maximum absolute atomic E-state index is 13.8. The van der Waals surface area contributed by atoms with Gasteiger partial charge in [0.2, 0.25) is 0 Å². The molecule has 1 aromatic rings. The number of para-hydroxylation sites is 1. The molecule has 3 rings (SSSR count). The average molecular weight is 321 g/mol. The zero-order valence-electron chi connectivity index (χ0n) is 13.9. The van der Waals surface area contributed by atoms with Crippen LogP contribution >= 0.6 is 0 Å². The number of methoxy groups -OCH3 is 1. The van der Waals surface area contributed by atoms with E-state index in [2.05, 4.69) is 0 Å². The molecule has 0 radical (unpaired) electrons. The molecule has 0 bridgehead atoms. The topological polar surface area (TPSA) is 38.8 Å². The normalized spacial score (nSPS) is 27.1. The lowest BCUT2D eigenvalue weighted by atomic mass is 9.99. The number of likely N-dealkylation sites (tertiary alicyclic amines) is 1. The lowest BCUT2D eigenvalue weighted by molar-refractivity contribution is -0.150. The third-order valence-corrected chi connectivity index (χ3v) is 5.22. The molecule has 126 valence electrons. The zero-order chi connectivity index (χ0) is 16.6. The smallest absolute Gasteiger partial charge is 0.254 e. The van der Waals surface area contributed by atoms with Crippen molar-refractivity contribution in [3.8, 4) is 5.75 Å². The number of rotatable bonds is 4. The molecule has 23 heavy (non-hydrogen) atoms. The van der Waals surface area contributed by atoms with E-state index in [1.54, 1.807) is 39.2 Å². The second-order valence-corrected chi connectivity index (χ2v) is 7.01. The Bertz CT molecular complexity index is 589. The molecule has 0 N–H and O–H groups in total. The summed E-state index contributed by atoms with van der Waals surface area (Å²) in [6.45, 7) is 4.98. The third kappa shape index (κ3) is 3.07. The van der Waals surface area contributed by atoms with Crippen LogP contribution < -0.4 is 4.74 Å². The van der Waals surface area contributed by atoms with Crippen LogP contribution in [-0.2, 0) is 9.53 Å². The number of nitrogens with zero attached hydrogens (tertiary/aromatic N) is 1. The van der Waals surface area contributed by atoms with Crippen molar-refractivity contribution < 1.29 is 18.7 Å². The molecular formula is C18H24FNO3. The molecular weight excluding hydrogens is 297 g/mol. The van der Waals surface area contributed by atoms with Gasteiger partial charge < -0.3 is 14.4 Å². The number of halogens is 1. The fourth-order valence-electron chi connectivity index (χ4n) is 3.70. The van der Waals surface area contributed by atoms with E-state index in [1.165, 1.54) is 6.07 Å². The zero-order valence-corrected chi connectivity index (χ0v) is 13.9. The molecule has 1 saturated carbocycles. The quantitative estimate of drug-likeness (QED) is 0.856. The first-order valence-corrected chi connectivity index (χ1v) is 8.18. The van der Waals surface area contributed by atoms with E-state index in [1.807, 2.05) is 4.90 Å². The maximum atomic E-state index is 13.8. The summed E-state index contributed by atoms with van der Waals surface area (Å²) in [7, 11) is 1.55. The predicted octanol–water partition coefficient (Wildman–Crippen LogP) is 2.87. The Morgan fingerprint density at radius 1 is 1.26 bits per heavy atom. The van der Waals surface area contributed by atoms with E-state index >= 15 is 0 Å². The second kappa shape index (κ2) is 6.11. The van der Waals surface area contributed by atoms with E-state index in [-0.39, 0.29) is 23.7 Å². The van der Waals surface area contributed by atoms with Gasteiger partial charge in [0.25, 0.3) is 5.91 Å². The molecule has 0 spiro atoms. The summed E-state index contributed by atoms with van der Waals surface area (Å²) < 4.78 is 25.0. The van der Waals surface area contributed by atoms with Gasteiger partial charge in [0.1, 0.15) is 11.7 Å². The standard InChI is InChI=1S/C18H24FNO3/c1-18(2,22-3)17(21)20-10-12-8-9-15(13(12)11-20)23-16-7-5-4-6-14(16)19/h4-7,12-13,15H,8-11H2,1-3H3/t12-,13+,15-/m0/s1. The van der Waals surface area contributed by atoms with Gasteiger partial charge in [-0.3, -0.25) is 4.79 Å². The van der Waals surface area contributed by atoms with Gasteiger partial charge in [0, 0.05) is 26.1 Å². The first kappa shape index (κ1) is 16.2. The van der Waals surface area contributed by atoms with Gasteiger partial charge >= 0.3 is 0 Å². The molecule has 5 heteroatoms. The molecule has 1 saturated heterocycles. The lowest BCUT2D eigenvalue weighted by Gasteiger charge is -2.29. The van der Waals surface area contributed by atoms with E-state index < -0.39 is 5.60 Å². The fraction of sp³-hybridized carbons (Fsp3) is 0.611. The van der Waals surface area contributed by atoms with Gasteiger partial charge in [-0.2, -0.15) is 0 Å². The molecule has 1 heterocycles. The Balaban J connectivity index is 1.68. The van der Waals surface area contributed by atoms with Crippen molar-refractivity contribution in [2.24, 2.45) is 11.8 Å². The minimum Gasteiger partial charge on any atom is -0.487 e. The van der Waals surface area contributed by atoms with E-state index in [0.717, 1.165) is 19.4 Å². The van der Waals surface area contributed by atoms with E-state index in [4.69, 9.17) is 9.47 Å². The minimum atomic E-state index is -0.805. The number of carbonyl (C=O) groups excluding carboxylic acids is 1. The summed E-state index contributed by atoms with van der Waals surface area (Å²) in [5.74, 6) is 0.691. The van der Waals surface area contributed by atoms with Crippen molar-refractivity contribution in [3.05, 3.63) is 30.1 Å². The van der Waals surface area contributed by atoms with Crippen molar-refractivity contribution >= 4 is 5.91 Å². The van der Waals surface area contributed by atoms with Crippen molar-refractivity contribution in [3.63, 3.8) is 0 Å². The Morgan fingerprint density at radius 3 is 2.70 bits per heavy atom. The van der Waals surface area contributed by atoms with Crippen LogP contribution in [0.15, 0.2) is 24.3 Å². The predicted molar refractivity (Wildman–Crippen MR) is 84.7 cm³/mol. The van der Waals surface area contributed by atoms with Crippen molar-refractivity contribution in [1.29, 1.82) is 0 Å². The molecule has 2 aliphatic rings. The monoisotopic (exact) mass is 321 g/mol.